The molecule has 1 N–H and O–H groups in total. The molecule has 0 spiro atoms. The number of ether oxygens (including phenoxy) is 3. The highest BCUT2D eigenvalue weighted by Crippen LogP contribution is 2.28. The smallest absolute Gasteiger partial charge is 0.243 e. The Kier molecular flexibility index (Phi) is 6.37. The van der Waals surface area contributed by atoms with E-state index in [0.29, 0.717) is 25.4 Å². The van der Waals surface area contributed by atoms with Crippen molar-refractivity contribution in [3.63, 3.8) is 0 Å². The lowest BCUT2D eigenvalue weighted by Gasteiger charge is -2.22. The lowest BCUT2D eigenvalue weighted by Crippen LogP contribution is -2.38. The van der Waals surface area contributed by atoms with E-state index in [9.17, 15) is 13.5 Å². The molecule has 1 heterocycles. The molecule has 1 fully saturated rings. The van der Waals surface area contributed by atoms with Gasteiger partial charge in [0.05, 0.1) is 30.3 Å². The highest BCUT2D eigenvalue weighted by atomic mass is 32.2. The maximum atomic E-state index is 12.7. The Morgan fingerprint density at radius 3 is 2.48 bits per heavy atom. The number of methoxy groups -OCH3 is 2. The third-order valence-corrected chi connectivity index (χ3v) is 5.79. The normalized spacial score (nSPS) is 22.4. The second-order valence-corrected chi connectivity index (χ2v) is 7.21. The Labute approximate surface area is 136 Å². The summed E-state index contributed by atoms with van der Waals surface area (Å²) in [5, 5.41) is 9.43. The summed E-state index contributed by atoms with van der Waals surface area (Å²) in [6, 6.07) is 5.78. The minimum atomic E-state index is -3.67. The zero-order valence-electron chi connectivity index (χ0n) is 13.3. The summed E-state index contributed by atoms with van der Waals surface area (Å²) in [4.78, 5) is 0.173. The second kappa shape index (κ2) is 8.07. The van der Waals surface area contributed by atoms with Crippen molar-refractivity contribution in [1.82, 2.24) is 4.31 Å². The zero-order chi connectivity index (χ0) is 16.9. The molecule has 1 aliphatic heterocycles. The van der Waals surface area contributed by atoms with E-state index in [1.54, 1.807) is 26.4 Å². The van der Waals surface area contributed by atoms with Gasteiger partial charge >= 0.3 is 0 Å². The van der Waals surface area contributed by atoms with Gasteiger partial charge in [-0.3, -0.25) is 0 Å². The highest BCUT2D eigenvalue weighted by Gasteiger charge is 2.39. The molecule has 8 heteroatoms. The van der Waals surface area contributed by atoms with Crippen LogP contribution in [0.25, 0.3) is 0 Å². The van der Waals surface area contributed by atoms with Crippen molar-refractivity contribution in [1.29, 1.82) is 0 Å². The van der Waals surface area contributed by atoms with Crippen LogP contribution in [-0.2, 0) is 19.5 Å². The number of benzene rings is 1. The van der Waals surface area contributed by atoms with Crippen LogP contribution in [0.3, 0.4) is 0 Å². The molecule has 0 aliphatic carbocycles. The van der Waals surface area contributed by atoms with E-state index in [1.165, 1.54) is 16.4 Å². The van der Waals surface area contributed by atoms with E-state index in [0.717, 1.165) is 0 Å². The quantitative estimate of drug-likeness (QED) is 0.690. The second-order valence-electron chi connectivity index (χ2n) is 5.32. The molecule has 1 saturated heterocycles. The fourth-order valence-electron chi connectivity index (χ4n) is 2.56. The maximum absolute atomic E-state index is 12.7. The third kappa shape index (κ3) is 4.21. The first-order valence-corrected chi connectivity index (χ1v) is 8.84. The van der Waals surface area contributed by atoms with E-state index < -0.39 is 16.1 Å². The molecule has 2 atom stereocenters. The topological polar surface area (TPSA) is 85.3 Å². The van der Waals surface area contributed by atoms with Crippen LogP contribution in [0.15, 0.2) is 29.2 Å². The number of nitrogens with zero attached hydrogens (tertiary/aromatic N) is 1. The average molecular weight is 345 g/mol. The fraction of sp³-hybridized carbons (Fsp3) is 0.600. The van der Waals surface area contributed by atoms with Gasteiger partial charge in [0.15, 0.2) is 0 Å². The summed E-state index contributed by atoms with van der Waals surface area (Å²) in [5.74, 6) is 0.580. The van der Waals surface area contributed by atoms with E-state index >= 15 is 0 Å². The van der Waals surface area contributed by atoms with Crippen LogP contribution in [0.2, 0.25) is 0 Å². The van der Waals surface area contributed by atoms with Gasteiger partial charge in [-0.05, 0) is 30.7 Å². The van der Waals surface area contributed by atoms with E-state index in [1.807, 2.05) is 0 Å². The molecule has 1 aliphatic rings. The van der Waals surface area contributed by atoms with Crippen molar-refractivity contribution in [2.75, 3.05) is 40.6 Å². The fourth-order valence-corrected chi connectivity index (χ4v) is 4.22. The molecule has 0 amide bonds. The van der Waals surface area contributed by atoms with Crippen molar-refractivity contribution in [2.45, 2.75) is 23.5 Å². The molecular weight excluding hydrogens is 322 g/mol. The summed E-state index contributed by atoms with van der Waals surface area (Å²) in [7, 11) is -0.546. The number of sulfonamides is 1. The van der Waals surface area contributed by atoms with Gasteiger partial charge in [-0.1, -0.05) is 0 Å². The minimum Gasteiger partial charge on any atom is -0.491 e. The number of aliphatic hydroxyl groups excluding tert-OH is 1. The Morgan fingerprint density at radius 2 is 1.91 bits per heavy atom. The van der Waals surface area contributed by atoms with Crippen LogP contribution in [0.4, 0.5) is 0 Å². The van der Waals surface area contributed by atoms with Gasteiger partial charge in [0, 0.05) is 20.8 Å². The van der Waals surface area contributed by atoms with Gasteiger partial charge in [0.25, 0.3) is 0 Å². The molecule has 23 heavy (non-hydrogen) atoms. The molecule has 130 valence electrons. The van der Waals surface area contributed by atoms with Crippen LogP contribution < -0.4 is 4.74 Å². The average Bonchev–Trinajstić information content (AvgIpc) is 3.00. The van der Waals surface area contributed by atoms with Crippen LogP contribution in [0.5, 0.6) is 5.75 Å². The minimum absolute atomic E-state index is 0.173. The van der Waals surface area contributed by atoms with Crippen molar-refractivity contribution >= 4 is 10.0 Å². The summed E-state index contributed by atoms with van der Waals surface area (Å²) in [6.07, 6.45) is 0.295. The van der Waals surface area contributed by atoms with Gasteiger partial charge < -0.3 is 19.3 Å². The largest absolute Gasteiger partial charge is 0.491 e. The Balaban J connectivity index is 2.12. The number of aliphatic hydroxyl groups is 1. The van der Waals surface area contributed by atoms with E-state index in [-0.39, 0.29) is 24.2 Å². The van der Waals surface area contributed by atoms with Crippen molar-refractivity contribution in [3.05, 3.63) is 24.3 Å². The Morgan fingerprint density at radius 1 is 1.22 bits per heavy atom. The summed E-state index contributed by atoms with van der Waals surface area (Å²) >= 11 is 0. The van der Waals surface area contributed by atoms with Crippen molar-refractivity contribution < 1.29 is 27.7 Å². The van der Waals surface area contributed by atoms with Gasteiger partial charge in [-0.2, -0.15) is 4.31 Å². The molecule has 1 aromatic carbocycles. The first-order chi connectivity index (χ1) is 11.0. The van der Waals surface area contributed by atoms with Gasteiger partial charge in [0.1, 0.15) is 12.4 Å². The summed E-state index contributed by atoms with van der Waals surface area (Å²) in [6.45, 7) is 0.884. The molecule has 2 rings (SSSR count). The SMILES string of the molecule is COCCOc1ccc(S(=O)(=O)N2C[C@H](OC)C[C@H]2CO)cc1. The Hall–Kier alpha value is -1.19. The Bertz CT molecular complexity index is 588. The third-order valence-electron chi connectivity index (χ3n) is 3.86. The molecule has 1 aromatic rings. The highest BCUT2D eigenvalue weighted by molar-refractivity contribution is 7.89. The van der Waals surface area contributed by atoms with Gasteiger partial charge in [0.2, 0.25) is 10.0 Å². The first-order valence-electron chi connectivity index (χ1n) is 7.40. The summed E-state index contributed by atoms with van der Waals surface area (Å²) in [5.41, 5.74) is 0. The lowest BCUT2D eigenvalue weighted by atomic mass is 10.2. The van der Waals surface area contributed by atoms with Crippen LogP contribution in [0.1, 0.15) is 6.42 Å². The summed E-state index contributed by atoms with van der Waals surface area (Å²) < 4.78 is 42.3. The molecule has 0 unspecified atom stereocenters. The van der Waals surface area contributed by atoms with Crippen LogP contribution in [-0.4, -0.2) is 70.6 Å². The van der Waals surface area contributed by atoms with Gasteiger partial charge in [-0.25, -0.2) is 8.42 Å². The predicted octanol–water partition coefficient (Wildman–Crippen LogP) is 0.482. The standard InChI is InChI=1S/C15H23NO6S/c1-20-7-8-22-13-3-5-15(6-4-13)23(18,19)16-10-14(21-2)9-12(16)11-17/h3-6,12,14,17H,7-11H2,1-2H3/t12-,14+/m0/s1. The molecule has 0 saturated carbocycles. The number of rotatable bonds is 8. The molecular formula is C15H23NO6S. The van der Waals surface area contributed by atoms with Crippen molar-refractivity contribution in [2.24, 2.45) is 0 Å². The van der Waals surface area contributed by atoms with Crippen LogP contribution >= 0.6 is 0 Å². The zero-order valence-corrected chi connectivity index (χ0v) is 14.2. The predicted molar refractivity (Wildman–Crippen MR) is 84.0 cm³/mol. The first kappa shape index (κ1) is 18.2. The molecule has 0 bridgehead atoms. The van der Waals surface area contributed by atoms with Crippen molar-refractivity contribution in [3.8, 4) is 5.75 Å². The molecule has 7 nitrogen and oxygen atoms in total. The van der Waals surface area contributed by atoms with Gasteiger partial charge in [-0.15, -0.1) is 0 Å². The lowest BCUT2D eigenvalue weighted by molar-refractivity contribution is 0.113. The van der Waals surface area contributed by atoms with Crippen LogP contribution in [0, 0.1) is 0 Å². The van der Waals surface area contributed by atoms with E-state index in [4.69, 9.17) is 14.2 Å². The number of hydrogen-bond donors (Lipinski definition) is 1. The monoisotopic (exact) mass is 345 g/mol. The number of hydrogen-bond acceptors (Lipinski definition) is 6. The molecule has 0 radical (unpaired) electrons. The molecule has 0 aromatic heterocycles. The maximum Gasteiger partial charge on any atom is 0.243 e. The van der Waals surface area contributed by atoms with E-state index in [2.05, 4.69) is 0 Å².